The summed E-state index contributed by atoms with van der Waals surface area (Å²) in [4.78, 5) is 4.74. The van der Waals surface area contributed by atoms with E-state index >= 15 is 0 Å². The lowest BCUT2D eigenvalue weighted by Crippen LogP contribution is -2.16. The van der Waals surface area contributed by atoms with Gasteiger partial charge in [0.25, 0.3) is 0 Å². The van der Waals surface area contributed by atoms with Gasteiger partial charge in [-0.15, -0.1) is 0 Å². The molecular weight excluding hydrogens is 306 g/mol. The number of rotatable bonds is 4. The van der Waals surface area contributed by atoms with E-state index in [1.165, 1.54) is 5.56 Å². The fraction of sp³-hybridized carbons (Fsp3) is 0.316. The van der Waals surface area contributed by atoms with Crippen LogP contribution in [-0.2, 0) is 12.8 Å². The molecule has 0 radical (unpaired) electrons. The van der Waals surface area contributed by atoms with Gasteiger partial charge in [0.1, 0.15) is 0 Å². The zero-order chi connectivity index (χ0) is 16.5. The maximum absolute atomic E-state index is 5.47. The van der Waals surface area contributed by atoms with Gasteiger partial charge in [-0.2, -0.15) is 0 Å². The van der Waals surface area contributed by atoms with Crippen molar-refractivity contribution < 1.29 is 18.9 Å². The highest BCUT2D eigenvalue weighted by molar-refractivity contribution is 6.04. The maximum Gasteiger partial charge on any atom is 0.231 e. The molecule has 0 amide bonds. The number of hydrogen-bond donors (Lipinski definition) is 0. The van der Waals surface area contributed by atoms with Crippen LogP contribution >= 0.6 is 0 Å². The van der Waals surface area contributed by atoms with E-state index in [1.54, 1.807) is 14.2 Å². The van der Waals surface area contributed by atoms with Gasteiger partial charge < -0.3 is 18.9 Å². The molecular formula is C19H19NO4. The Kier molecular flexibility index (Phi) is 3.76. The highest BCUT2D eigenvalue weighted by Gasteiger charge is 2.20. The molecule has 5 nitrogen and oxygen atoms in total. The summed E-state index contributed by atoms with van der Waals surface area (Å²) in [6.45, 7) is 1.09. The van der Waals surface area contributed by atoms with Crippen molar-refractivity contribution in [3.63, 3.8) is 0 Å². The molecule has 0 saturated carbocycles. The van der Waals surface area contributed by atoms with Gasteiger partial charge in [-0.05, 0) is 41.8 Å². The number of aliphatic imine (C=N–C) groups is 1. The Bertz CT molecular complexity index is 813. The van der Waals surface area contributed by atoms with Crippen molar-refractivity contribution in [2.45, 2.75) is 12.8 Å². The summed E-state index contributed by atoms with van der Waals surface area (Å²) >= 11 is 0. The number of ether oxygens (including phenoxy) is 4. The molecule has 2 heterocycles. The van der Waals surface area contributed by atoms with Gasteiger partial charge in [-0.3, -0.25) is 4.99 Å². The third-order valence-corrected chi connectivity index (χ3v) is 4.41. The molecule has 0 aliphatic carbocycles. The summed E-state index contributed by atoms with van der Waals surface area (Å²) in [5.41, 5.74) is 4.60. The molecule has 5 heteroatoms. The highest BCUT2D eigenvalue weighted by atomic mass is 16.7. The van der Waals surface area contributed by atoms with Crippen LogP contribution in [0.2, 0.25) is 0 Å². The average Bonchev–Trinajstić information content (AvgIpc) is 3.08. The average molecular weight is 325 g/mol. The van der Waals surface area contributed by atoms with Gasteiger partial charge in [0, 0.05) is 24.2 Å². The molecule has 0 aromatic heterocycles. The van der Waals surface area contributed by atoms with Crippen LogP contribution in [0.5, 0.6) is 23.0 Å². The third kappa shape index (κ3) is 2.56. The largest absolute Gasteiger partial charge is 0.493 e. The van der Waals surface area contributed by atoms with E-state index in [1.807, 2.05) is 18.2 Å². The predicted molar refractivity (Wildman–Crippen MR) is 90.9 cm³/mol. The Balaban J connectivity index is 1.67. The molecule has 4 rings (SSSR count). The van der Waals surface area contributed by atoms with E-state index in [0.29, 0.717) is 6.79 Å². The van der Waals surface area contributed by atoms with Crippen LogP contribution in [-0.4, -0.2) is 33.3 Å². The Labute approximate surface area is 140 Å². The van der Waals surface area contributed by atoms with Crippen LogP contribution < -0.4 is 18.9 Å². The molecule has 0 fully saturated rings. The Morgan fingerprint density at radius 3 is 2.62 bits per heavy atom. The summed E-state index contributed by atoms with van der Waals surface area (Å²) in [7, 11) is 3.32. The second-order valence-electron chi connectivity index (χ2n) is 5.81. The number of methoxy groups -OCH3 is 2. The van der Waals surface area contributed by atoms with Crippen molar-refractivity contribution in [1.82, 2.24) is 0 Å². The molecule has 0 N–H and O–H groups in total. The molecule has 0 atom stereocenters. The van der Waals surface area contributed by atoms with Crippen molar-refractivity contribution in [2.75, 3.05) is 27.6 Å². The van der Waals surface area contributed by atoms with Crippen LogP contribution in [0, 0.1) is 0 Å². The van der Waals surface area contributed by atoms with Crippen molar-refractivity contribution in [3.8, 4) is 23.0 Å². The van der Waals surface area contributed by atoms with Gasteiger partial charge in [0.2, 0.25) is 6.79 Å². The first-order valence-corrected chi connectivity index (χ1v) is 7.95. The summed E-state index contributed by atoms with van der Waals surface area (Å²) in [5.74, 6) is 3.10. The van der Waals surface area contributed by atoms with E-state index in [0.717, 1.165) is 59.2 Å². The molecule has 2 aliphatic rings. The van der Waals surface area contributed by atoms with E-state index in [9.17, 15) is 0 Å². The SMILES string of the molecule is COc1cc2c(cc1OC)C(Cc1ccc3c(c1)OCO3)=NCC2. The molecule has 0 bridgehead atoms. The molecule has 2 aromatic carbocycles. The second kappa shape index (κ2) is 6.07. The first-order chi connectivity index (χ1) is 11.8. The van der Waals surface area contributed by atoms with E-state index < -0.39 is 0 Å². The number of hydrogen-bond acceptors (Lipinski definition) is 5. The first kappa shape index (κ1) is 14.9. The minimum Gasteiger partial charge on any atom is -0.493 e. The summed E-state index contributed by atoms with van der Waals surface area (Å²) in [6, 6.07) is 10.1. The number of benzene rings is 2. The van der Waals surface area contributed by atoms with E-state index in [2.05, 4.69) is 12.1 Å². The second-order valence-corrected chi connectivity index (χ2v) is 5.81. The molecule has 124 valence electrons. The van der Waals surface area contributed by atoms with Crippen molar-refractivity contribution in [3.05, 3.63) is 47.0 Å². The molecule has 2 aliphatic heterocycles. The van der Waals surface area contributed by atoms with Crippen LogP contribution in [0.3, 0.4) is 0 Å². The molecule has 0 spiro atoms. The van der Waals surface area contributed by atoms with Gasteiger partial charge in [0.15, 0.2) is 23.0 Å². The van der Waals surface area contributed by atoms with Gasteiger partial charge in [-0.1, -0.05) is 6.07 Å². The standard InChI is InChI=1S/C19H19NO4/c1-21-17-9-13-5-6-20-15(14(13)10-18(17)22-2)7-12-3-4-16-19(8-12)24-11-23-16/h3-4,8-10H,5-7,11H2,1-2H3. The Morgan fingerprint density at radius 1 is 1.00 bits per heavy atom. The smallest absolute Gasteiger partial charge is 0.231 e. The monoisotopic (exact) mass is 325 g/mol. The van der Waals surface area contributed by atoms with Gasteiger partial charge >= 0.3 is 0 Å². The van der Waals surface area contributed by atoms with Crippen molar-refractivity contribution in [1.29, 1.82) is 0 Å². The quantitative estimate of drug-likeness (QED) is 0.867. The summed E-state index contributed by atoms with van der Waals surface area (Å²) < 4.78 is 21.7. The van der Waals surface area contributed by atoms with Crippen molar-refractivity contribution in [2.24, 2.45) is 4.99 Å². The number of fused-ring (bicyclic) bond motifs is 2. The van der Waals surface area contributed by atoms with Gasteiger partial charge in [-0.25, -0.2) is 0 Å². The minimum absolute atomic E-state index is 0.291. The zero-order valence-electron chi connectivity index (χ0n) is 13.8. The Morgan fingerprint density at radius 2 is 1.79 bits per heavy atom. The minimum atomic E-state index is 0.291. The highest BCUT2D eigenvalue weighted by Crippen LogP contribution is 2.35. The normalized spacial score (nSPS) is 14.8. The lowest BCUT2D eigenvalue weighted by Gasteiger charge is -2.20. The maximum atomic E-state index is 5.47. The van der Waals surface area contributed by atoms with E-state index in [-0.39, 0.29) is 0 Å². The molecule has 2 aromatic rings. The fourth-order valence-corrected chi connectivity index (χ4v) is 3.19. The number of nitrogens with zero attached hydrogens (tertiary/aromatic N) is 1. The van der Waals surface area contributed by atoms with Gasteiger partial charge in [0.05, 0.1) is 14.2 Å². The van der Waals surface area contributed by atoms with Crippen LogP contribution in [0.4, 0.5) is 0 Å². The molecule has 24 heavy (non-hydrogen) atoms. The summed E-state index contributed by atoms with van der Waals surface area (Å²) in [6.07, 6.45) is 1.67. The lowest BCUT2D eigenvalue weighted by atomic mass is 9.93. The molecule has 0 saturated heterocycles. The fourth-order valence-electron chi connectivity index (χ4n) is 3.19. The predicted octanol–water partition coefficient (Wildman–Crippen LogP) is 3.02. The van der Waals surface area contributed by atoms with Crippen LogP contribution in [0.1, 0.15) is 16.7 Å². The van der Waals surface area contributed by atoms with Crippen LogP contribution in [0.25, 0.3) is 0 Å². The van der Waals surface area contributed by atoms with Crippen molar-refractivity contribution >= 4 is 5.71 Å². The molecule has 0 unspecified atom stereocenters. The topological polar surface area (TPSA) is 49.3 Å². The first-order valence-electron chi connectivity index (χ1n) is 7.95. The van der Waals surface area contributed by atoms with Crippen LogP contribution in [0.15, 0.2) is 35.3 Å². The lowest BCUT2D eigenvalue weighted by molar-refractivity contribution is 0.174. The summed E-state index contributed by atoms with van der Waals surface area (Å²) in [5, 5.41) is 0. The third-order valence-electron chi connectivity index (χ3n) is 4.41. The van der Waals surface area contributed by atoms with E-state index in [4.69, 9.17) is 23.9 Å². The zero-order valence-corrected chi connectivity index (χ0v) is 13.8. The Hall–Kier alpha value is -2.69.